The summed E-state index contributed by atoms with van der Waals surface area (Å²) in [5.74, 6) is -10.9. The second kappa shape index (κ2) is 7.47. The summed E-state index contributed by atoms with van der Waals surface area (Å²) in [5.41, 5.74) is -4.59. The molecule has 4 rings (SSSR count). The fraction of sp³-hybridized carbons (Fsp3) is 0.545. The van der Waals surface area contributed by atoms with Crippen molar-refractivity contribution in [2.45, 2.75) is 63.9 Å². The van der Waals surface area contributed by atoms with Gasteiger partial charge in [0, 0.05) is 22.9 Å². The summed E-state index contributed by atoms with van der Waals surface area (Å²) in [7, 11) is 0. The van der Waals surface area contributed by atoms with E-state index >= 15 is 8.78 Å². The van der Waals surface area contributed by atoms with Crippen LogP contribution in [0.5, 0.6) is 0 Å². The van der Waals surface area contributed by atoms with E-state index in [0.717, 1.165) is 0 Å². The van der Waals surface area contributed by atoms with Crippen molar-refractivity contribution in [3.05, 3.63) is 34.4 Å². The third kappa shape index (κ3) is 3.54. The molecule has 2 saturated heterocycles. The van der Waals surface area contributed by atoms with Crippen molar-refractivity contribution in [2.24, 2.45) is 0 Å². The highest BCUT2D eigenvalue weighted by Gasteiger charge is 2.47. The van der Waals surface area contributed by atoms with Crippen LogP contribution in [0.25, 0.3) is 0 Å². The Balaban J connectivity index is 1.92. The van der Waals surface area contributed by atoms with Crippen LogP contribution < -0.4 is 5.32 Å². The van der Waals surface area contributed by atoms with Crippen molar-refractivity contribution < 1.29 is 38.9 Å². The monoisotopic (exact) mass is 441 g/mol. The minimum atomic E-state index is -3.41. The molecule has 3 heterocycles. The van der Waals surface area contributed by atoms with Crippen molar-refractivity contribution in [3.63, 3.8) is 0 Å². The van der Waals surface area contributed by atoms with E-state index in [4.69, 9.17) is 11.0 Å². The third-order valence-electron chi connectivity index (χ3n) is 5.26. The molecule has 0 aliphatic carbocycles. The average molecular weight is 442 g/mol. The number of nitrogens with zero attached hydrogens (tertiary/aromatic N) is 2. The number of carbonyl (C=O) groups is 4. The molecule has 31 heavy (non-hydrogen) atoms. The predicted molar refractivity (Wildman–Crippen MR) is 106 cm³/mol. The summed E-state index contributed by atoms with van der Waals surface area (Å²) >= 11 is 0. The number of benzene rings is 1. The van der Waals surface area contributed by atoms with Crippen LogP contribution in [0.4, 0.5) is 8.78 Å². The Morgan fingerprint density at radius 3 is 2.29 bits per heavy atom. The lowest BCUT2D eigenvalue weighted by molar-refractivity contribution is -0.136. The molecule has 7 nitrogen and oxygen atoms in total. The summed E-state index contributed by atoms with van der Waals surface area (Å²) in [5, 5.41) is 1.94. The lowest BCUT2D eigenvalue weighted by Gasteiger charge is -2.41. The molecule has 0 unspecified atom stereocenters. The fourth-order valence-corrected chi connectivity index (χ4v) is 3.60. The molecule has 1 atom stereocenters. The van der Waals surface area contributed by atoms with Gasteiger partial charge in [0.05, 0.1) is 11.1 Å². The molecule has 166 valence electrons. The van der Waals surface area contributed by atoms with Crippen molar-refractivity contribution >= 4 is 23.6 Å². The topological polar surface area (TPSA) is 86.8 Å². The Labute approximate surface area is 190 Å². The van der Waals surface area contributed by atoms with Gasteiger partial charge in [-0.15, -0.1) is 0 Å². The average Bonchev–Trinajstić information content (AvgIpc) is 2.99. The van der Waals surface area contributed by atoms with Crippen molar-refractivity contribution in [2.75, 3.05) is 13.0 Å². The van der Waals surface area contributed by atoms with E-state index in [1.54, 1.807) is 0 Å². The van der Waals surface area contributed by atoms with Crippen LogP contribution in [-0.4, -0.2) is 58.0 Å². The number of likely N-dealkylation sites (tertiary alicyclic amines) is 1. The SMILES string of the molecule is [2H]C1([2H])C(c2cc3c(c(F)c2F)C(=O)N([C@@H]2CCC(=O)NC2=O)C3=O)C([2H])([2H])C([2H])([2H])N(C(C)(C)C)C1([2H])[2H]. The molecule has 1 aromatic rings. The van der Waals surface area contributed by atoms with E-state index in [-0.39, 0.29) is 12.8 Å². The highest BCUT2D eigenvalue weighted by atomic mass is 19.2. The van der Waals surface area contributed by atoms with Gasteiger partial charge in [0.1, 0.15) is 6.04 Å². The maximum atomic E-state index is 15.6. The second-order valence-corrected chi connectivity index (χ2v) is 8.42. The Kier molecular flexibility index (Phi) is 3.30. The minimum absolute atomic E-state index is 0.247. The van der Waals surface area contributed by atoms with Crippen LogP contribution in [0.1, 0.15) is 89.5 Å². The summed E-state index contributed by atoms with van der Waals surface area (Å²) in [6.45, 7) is -2.58. The van der Waals surface area contributed by atoms with Gasteiger partial charge in [0.25, 0.3) is 11.8 Å². The van der Waals surface area contributed by atoms with Crippen LogP contribution in [0.3, 0.4) is 0 Å². The summed E-state index contributed by atoms with van der Waals surface area (Å²) < 4.78 is 99.3. The molecule has 0 aromatic heterocycles. The molecule has 0 saturated carbocycles. The number of fused-ring (bicyclic) bond motifs is 1. The normalized spacial score (nSPS) is 33.7. The number of halogens is 2. The first-order chi connectivity index (χ1) is 17.5. The molecule has 3 aliphatic heterocycles. The molecule has 0 bridgehead atoms. The number of carbonyl (C=O) groups excluding carboxylic acids is 4. The standard InChI is InChI=1S/C22H25F2N3O4/c1-22(2,3)26-8-6-11(7-9-26)12-10-13-16(18(24)17(12)23)21(31)27(20(13)30)14-4-5-15(28)25-19(14)29/h10-11,14H,4-9H2,1-3H3,(H,25,28,29)/t14-/m1/s1/i6D2,7D2,8D2,9D2. The zero-order valence-electron chi connectivity index (χ0n) is 24.9. The molecule has 1 aromatic carbocycles. The molecule has 3 aliphatic rings. The van der Waals surface area contributed by atoms with Gasteiger partial charge < -0.3 is 0 Å². The number of piperidine rings is 2. The summed E-state index contributed by atoms with van der Waals surface area (Å²) in [6.07, 6.45) is -7.36. The van der Waals surface area contributed by atoms with Crippen molar-refractivity contribution in [1.29, 1.82) is 0 Å². The lowest BCUT2D eigenvalue weighted by atomic mass is 9.85. The number of imide groups is 2. The van der Waals surface area contributed by atoms with Crippen molar-refractivity contribution in [1.82, 2.24) is 15.1 Å². The molecule has 9 heteroatoms. The Morgan fingerprint density at radius 1 is 1.06 bits per heavy atom. The zero-order valence-corrected chi connectivity index (χ0v) is 16.9. The molecule has 0 spiro atoms. The maximum Gasteiger partial charge on any atom is 0.265 e. The molecule has 1 N–H and O–H groups in total. The molecular formula is C22H25F2N3O4. The second-order valence-electron chi connectivity index (χ2n) is 8.42. The zero-order chi connectivity index (χ0) is 29.8. The van der Waals surface area contributed by atoms with Gasteiger partial charge >= 0.3 is 0 Å². The smallest absolute Gasteiger partial charge is 0.265 e. The van der Waals surface area contributed by atoms with E-state index in [1.807, 2.05) is 5.32 Å². The quantitative estimate of drug-likeness (QED) is 0.712. The third-order valence-corrected chi connectivity index (χ3v) is 5.26. The number of nitrogens with one attached hydrogen (secondary N) is 1. The summed E-state index contributed by atoms with van der Waals surface area (Å²) in [6, 6.07) is -1.02. The van der Waals surface area contributed by atoms with Gasteiger partial charge in [0.15, 0.2) is 11.6 Å². The van der Waals surface area contributed by atoms with Gasteiger partial charge in [-0.3, -0.25) is 34.3 Å². The number of hydrogen-bond acceptors (Lipinski definition) is 5. The molecular weight excluding hydrogens is 408 g/mol. The van der Waals surface area contributed by atoms with E-state index in [0.29, 0.717) is 15.9 Å². The Hall–Kier alpha value is -2.68. The number of hydrogen-bond donors (Lipinski definition) is 1. The number of rotatable bonds is 2. The van der Waals surface area contributed by atoms with E-state index in [1.165, 1.54) is 20.8 Å². The minimum Gasteiger partial charge on any atom is -0.298 e. The lowest BCUT2D eigenvalue weighted by Crippen LogP contribution is -2.54. The van der Waals surface area contributed by atoms with Gasteiger partial charge in [-0.2, -0.15) is 0 Å². The predicted octanol–water partition coefficient (Wildman–Crippen LogP) is 2.34. The van der Waals surface area contributed by atoms with Crippen LogP contribution >= 0.6 is 0 Å². The number of amides is 4. The van der Waals surface area contributed by atoms with Gasteiger partial charge in [-0.1, -0.05) is 0 Å². The first kappa shape index (κ1) is 13.7. The maximum absolute atomic E-state index is 15.6. The van der Waals surface area contributed by atoms with Gasteiger partial charge in [-0.05, 0) is 70.5 Å². The molecule has 2 fully saturated rings. The van der Waals surface area contributed by atoms with E-state index in [2.05, 4.69) is 0 Å². The summed E-state index contributed by atoms with van der Waals surface area (Å²) in [4.78, 5) is 50.6. The van der Waals surface area contributed by atoms with Gasteiger partial charge in [0.2, 0.25) is 11.8 Å². The van der Waals surface area contributed by atoms with Gasteiger partial charge in [-0.25, -0.2) is 8.78 Å². The van der Waals surface area contributed by atoms with Crippen LogP contribution in [0, 0.1) is 11.6 Å². The van der Waals surface area contributed by atoms with E-state index in [9.17, 15) is 19.2 Å². The first-order valence-corrected chi connectivity index (χ1v) is 9.56. The van der Waals surface area contributed by atoms with Crippen LogP contribution in [0.15, 0.2) is 6.07 Å². The fourth-order valence-electron chi connectivity index (χ4n) is 3.60. The highest BCUT2D eigenvalue weighted by Crippen LogP contribution is 2.38. The molecule has 4 amide bonds. The van der Waals surface area contributed by atoms with E-state index < -0.39 is 95.2 Å². The Morgan fingerprint density at radius 2 is 1.71 bits per heavy atom. The molecule has 0 radical (unpaired) electrons. The van der Waals surface area contributed by atoms with Crippen LogP contribution in [0.2, 0.25) is 0 Å². The largest absolute Gasteiger partial charge is 0.298 e. The van der Waals surface area contributed by atoms with Crippen molar-refractivity contribution in [3.8, 4) is 0 Å². The van der Waals surface area contributed by atoms with Crippen LogP contribution in [-0.2, 0) is 9.59 Å². The Bertz CT molecular complexity index is 1300. The highest BCUT2D eigenvalue weighted by molar-refractivity contribution is 6.23. The first-order valence-electron chi connectivity index (χ1n) is 13.6.